The van der Waals surface area contributed by atoms with Gasteiger partial charge < -0.3 is 10.6 Å². The third kappa shape index (κ3) is 5.77. The minimum absolute atomic E-state index is 0.00831. The van der Waals surface area contributed by atoms with Crippen LogP contribution in [0, 0.1) is 5.92 Å². The van der Waals surface area contributed by atoms with Gasteiger partial charge in [-0.3, -0.25) is 9.59 Å². The molecule has 0 unspecified atom stereocenters. The van der Waals surface area contributed by atoms with Crippen LogP contribution in [-0.2, 0) is 14.8 Å². The Balaban J connectivity index is 2.01. The fourth-order valence-corrected chi connectivity index (χ4v) is 4.70. The molecule has 2 atom stereocenters. The van der Waals surface area contributed by atoms with E-state index in [0.717, 1.165) is 25.7 Å². The van der Waals surface area contributed by atoms with Crippen molar-refractivity contribution in [3.05, 3.63) is 29.8 Å². The number of benzene rings is 1. The van der Waals surface area contributed by atoms with Gasteiger partial charge in [-0.1, -0.05) is 19.8 Å². The molecule has 150 valence electrons. The molecule has 1 heterocycles. The van der Waals surface area contributed by atoms with Crippen LogP contribution in [0.3, 0.4) is 0 Å². The third-order valence-corrected chi connectivity index (χ3v) is 6.56. The topological polar surface area (TPSA) is 110 Å². The second-order valence-electron chi connectivity index (χ2n) is 7.14. The average molecular weight is 396 g/mol. The normalized spacial score (nSPS) is 19.3. The first kappa shape index (κ1) is 21.4. The number of carbonyl (C=O) groups is 2. The molecular formula is C19H29N3O4S. The Hall–Kier alpha value is -1.93. The Morgan fingerprint density at radius 2 is 1.89 bits per heavy atom. The summed E-state index contributed by atoms with van der Waals surface area (Å²) in [5, 5.41) is 0. The average Bonchev–Trinajstić information content (AvgIpc) is 2.86. The van der Waals surface area contributed by atoms with Gasteiger partial charge in [-0.2, -0.15) is 4.72 Å². The van der Waals surface area contributed by atoms with E-state index >= 15 is 0 Å². The van der Waals surface area contributed by atoms with E-state index in [1.54, 1.807) is 11.8 Å². The van der Waals surface area contributed by atoms with Gasteiger partial charge in [0, 0.05) is 18.7 Å². The number of nitrogens with two attached hydrogens (primary N) is 1. The highest BCUT2D eigenvalue weighted by Crippen LogP contribution is 2.22. The van der Waals surface area contributed by atoms with Gasteiger partial charge in [-0.25, -0.2) is 8.42 Å². The van der Waals surface area contributed by atoms with Crippen LogP contribution in [0.25, 0.3) is 0 Å². The van der Waals surface area contributed by atoms with Crippen LogP contribution >= 0.6 is 0 Å². The first-order chi connectivity index (χ1) is 12.7. The van der Waals surface area contributed by atoms with Gasteiger partial charge in [0.1, 0.15) is 0 Å². The standard InChI is InChI=1S/C19H29N3O4S/c1-3-5-15-6-4-12-22(13-11-15)19(24)14(2)21-27(25,26)17-9-7-16(8-10-17)18(20)23/h7-10,14-15,21H,3-6,11-13H2,1-2H3,(H2,20,23)/t14-,15+/m1/s1. The SMILES string of the molecule is CCC[C@H]1CCCN(C(=O)[C@@H](C)NS(=O)(=O)c2ccc(C(N)=O)cc2)CC1. The molecule has 1 aliphatic rings. The van der Waals surface area contributed by atoms with Crippen molar-refractivity contribution < 1.29 is 18.0 Å². The number of nitrogens with zero attached hydrogens (tertiary/aromatic N) is 1. The lowest BCUT2D eigenvalue weighted by Crippen LogP contribution is -2.47. The molecule has 7 nitrogen and oxygen atoms in total. The summed E-state index contributed by atoms with van der Waals surface area (Å²) in [6.45, 7) is 5.06. The van der Waals surface area contributed by atoms with Gasteiger partial charge in [-0.05, 0) is 56.4 Å². The number of sulfonamides is 1. The van der Waals surface area contributed by atoms with E-state index in [9.17, 15) is 18.0 Å². The van der Waals surface area contributed by atoms with Crippen LogP contribution in [0.4, 0.5) is 0 Å². The van der Waals surface area contributed by atoms with Crippen LogP contribution in [0.2, 0.25) is 0 Å². The van der Waals surface area contributed by atoms with Crippen LogP contribution in [0.15, 0.2) is 29.2 Å². The summed E-state index contributed by atoms with van der Waals surface area (Å²) in [6, 6.07) is 4.47. The van der Waals surface area contributed by atoms with Crippen molar-refractivity contribution in [3.63, 3.8) is 0 Å². The Morgan fingerprint density at radius 3 is 2.48 bits per heavy atom. The number of hydrogen-bond donors (Lipinski definition) is 2. The van der Waals surface area contributed by atoms with E-state index in [2.05, 4.69) is 11.6 Å². The van der Waals surface area contributed by atoms with Gasteiger partial charge in [0.25, 0.3) is 0 Å². The number of amides is 2. The van der Waals surface area contributed by atoms with Crippen LogP contribution in [0.5, 0.6) is 0 Å². The maximum Gasteiger partial charge on any atom is 0.248 e. The smallest absolute Gasteiger partial charge is 0.248 e. The van der Waals surface area contributed by atoms with Crippen LogP contribution < -0.4 is 10.5 Å². The van der Waals surface area contributed by atoms with Gasteiger partial charge in [0.15, 0.2) is 0 Å². The second-order valence-corrected chi connectivity index (χ2v) is 8.86. The van der Waals surface area contributed by atoms with E-state index in [1.165, 1.54) is 30.7 Å². The zero-order valence-electron chi connectivity index (χ0n) is 16.0. The predicted octanol–water partition coefficient (Wildman–Crippen LogP) is 1.88. The van der Waals surface area contributed by atoms with E-state index in [4.69, 9.17) is 5.73 Å². The molecule has 2 rings (SSSR count). The lowest BCUT2D eigenvalue weighted by atomic mass is 9.96. The van der Waals surface area contributed by atoms with Crippen LogP contribution in [0.1, 0.15) is 56.3 Å². The maximum absolute atomic E-state index is 12.7. The number of hydrogen-bond acceptors (Lipinski definition) is 4. The largest absolute Gasteiger partial charge is 0.366 e. The van der Waals surface area contributed by atoms with E-state index in [0.29, 0.717) is 19.0 Å². The second kappa shape index (κ2) is 9.32. The maximum atomic E-state index is 12.7. The molecule has 0 aromatic heterocycles. The van der Waals surface area contributed by atoms with Crippen molar-refractivity contribution in [3.8, 4) is 0 Å². The fraction of sp³-hybridized carbons (Fsp3) is 0.579. The van der Waals surface area contributed by atoms with E-state index in [-0.39, 0.29) is 16.4 Å². The van der Waals surface area contributed by atoms with Gasteiger partial charge in [-0.15, -0.1) is 0 Å². The van der Waals surface area contributed by atoms with Crippen molar-refractivity contribution in [2.45, 2.75) is 56.9 Å². The number of likely N-dealkylation sites (tertiary alicyclic amines) is 1. The molecule has 1 aliphatic heterocycles. The van der Waals surface area contributed by atoms with Crippen molar-refractivity contribution in [2.75, 3.05) is 13.1 Å². The molecule has 3 N–H and O–H groups in total. The number of nitrogens with one attached hydrogen (secondary N) is 1. The monoisotopic (exact) mass is 395 g/mol. The van der Waals surface area contributed by atoms with E-state index < -0.39 is 22.0 Å². The van der Waals surface area contributed by atoms with Crippen molar-refractivity contribution in [1.29, 1.82) is 0 Å². The number of rotatable bonds is 7. The molecule has 27 heavy (non-hydrogen) atoms. The highest BCUT2D eigenvalue weighted by molar-refractivity contribution is 7.89. The minimum atomic E-state index is -3.86. The highest BCUT2D eigenvalue weighted by Gasteiger charge is 2.27. The van der Waals surface area contributed by atoms with Crippen molar-refractivity contribution in [1.82, 2.24) is 9.62 Å². The molecule has 2 amide bonds. The number of primary amides is 1. The molecular weight excluding hydrogens is 366 g/mol. The molecule has 0 radical (unpaired) electrons. The van der Waals surface area contributed by atoms with Crippen molar-refractivity contribution >= 4 is 21.8 Å². The summed E-state index contributed by atoms with van der Waals surface area (Å²) in [4.78, 5) is 25.6. The summed E-state index contributed by atoms with van der Waals surface area (Å²) in [7, 11) is -3.86. The molecule has 0 saturated carbocycles. The number of carbonyl (C=O) groups excluding carboxylic acids is 2. The Morgan fingerprint density at radius 1 is 1.22 bits per heavy atom. The summed E-state index contributed by atoms with van der Waals surface area (Å²) < 4.78 is 27.5. The molecule has 1 aromatic carbocycles. The molecule has 0 aliphatic carbocycles. The summed E-state index contributed by atoms with van der Waals surface area (Å²) in [5.74, 6) is -0.189. The molecule has 1 saturated heterocycles. The van der Waals surface area contributed by atoms with Gasteiger partial charge >= 0.3 is 0 Å². The fourth-order valence-electron chi connectivity index (χ4n) is 3.51. The first-order valence-corrected chi connectivity index (χ1v) is 10.9. The highest BCUT2D eigenvalue weighted by atomic mass is 32.2. The van der Waals surface area contributed by atoms with Crippen LogP contribution in [-0.4, -0.2) is 44.3 Å². The lowest BCUT2D eigenvalue weighted by Gasteiger charge is -2.25. The Kier molecular flexibility index (Phi) is 7.38. The molecule has 0 spiro atoms. The quantitative estimate of drug-likeness (QED) is 0.734. The zero-order chi connectivity index (χ0) is 20.0. The third-order valence-electron chi connectivity index (χ3n) is 5.01. The molecule has 8 heteroatoms. The molecule has 1 fully saturated rings. The zero-order valence-corrected chi connectivity index (χ0v) is 16.8. The predicted molar refractivity (Wildman–Crippen MR) is 104 cm³/mol. The lowest BCUT2D eigenvalue weighted by molar-refractivity contribution is -0.132. The Bertz CT molecular complexity index is 762. The summed E-state index contributed by atoms with van der Waals surface area (Å²) in [6.07, 6.45) is 5.34. The minimum Gasteiger partial charge on any atom is -0.366 e. The molecule has 0 bridgehead atoms. The van der Waals surface area contributed by atoms with E-state index in [1.807, 2.05) is 0 Å². The van der Waals surface area contributed by atoms with Gasteiger partial charge in [0.2, 0.25) is 21.8 Å². The summed E-state index contributed by atoms with van der Waals surface area (Å²) in [5.41, 5.74) is 5.39. The first-order valence-electron chi connectivity index (χ1n) is 9.45. The van der Waals surface area contributed by atoms with Gasteiger partial charge in [0.05, 0.1) is 10.9 Å². The Labute approximate surface area is 161 Å². The van der Waals surface area contributed by atoms with Crippen molar-refractivity contribution in [2.24, 2.45) is 11.7 Å². The molecule has 1 aromatic rings. The summed E-state index contributed by atoms with van der Waals surface area (Å²) >= 11 is 0.